The fourth-order valence-electron chi connectivity index (χ4n) is 3.14. The molecule has 0 amide bonds. The third-order valence-corrected chi connectivity index (χ3v) is 4.16. The first-order valence-corrected chi connectivity index (χ1v) is 8.39. The normalized spacial score (nSPS) is 19.3. The van der Waals surface area contributed by atoms with E-state index in [0.717, 1.165) is 37.8 Å². The summed E-state index contributed by atoms with van der Waals surface area (Å²) in [6, 6.07) is 8.50. The van der Waals surface area contributed by atoms with Gasteiger partial charge in [0.05, 0.1) is 6.61 Å². The summed E-state index contributed by atoms with van der Waals surface area (Å²) in [5, 5.41) is 3.31. The standard InChI is InChI=1S/C18H30N2O2/c1-19-13-17-7-4-9-20(15-17)14-16-6-3-8-18(12-16)22-11-5-10-21-2/h3,6,8,12,17,19H,4-5,7,9-11,13-15H2,1-2H3. The largest absolute Gasteiger partial charge is 0.493 e. The molecule has 1 aliphatic rings. The van der Waals surface area contributed by atoms with Crippen LogP contribution in [0.3, 0.4) is 0 Å². The van der Waals surface area contributed by atoms with Crippen LogP contribution in [-0.4, -0.2) is 51.9 Å². The van der Waals surface area contributed by atoms with E-state index in [1.807, 2.05) is 13.1 Å². The van der Waals surface area contributed by atoms with Crippen molar-refractivity contribution in [3.63, 3.8) is 0 Å². The van der Waals surface area contributed by atoms with E-state index in [4.69, 9.17) is 9.47 Å². The number of rotatable bonds is 9. The molecule has 0 saturated carbocycles. The van der Waals surface area contributed by atoms with Crippen molar-refractivity contribution in [3.8, 4) is 5.75 Å². The minimum atomic E-state index is 0.714. The quantitative estimate of drug-likeness (QED) is 0.711. The van der Waals surface area contributed by atoms with Gasteiger partial charge in [-0.2, -0.15) is 0 Å². The van der Waals surface area contributed by atoms with Gasteiger partial charge in [0.1, 0.15) is 5.75 Å². The molecular formula is C18H30N2O2. The molecule has 4 heteroatoms. The van der Waals surface area contributed by atoms with E-state index < -0.39 is 0 Å². The van der Waals surface area contributed by atoms with Crippen LogP contribution in [-0.2, 0) is 11.3 Å². The first kappa shape index (κ1) is 17.3. The zero-order valence-electron chi connectivity index (χ0n) is 14.0. The smallest absolute Gasteiger partial charge is 0.119 e. The molecule has 0 spiro atoms. The lowest BCUT2D eigenvalue weighted by Gasteiger charge is -2.32. The third kappa shape index (κ3) is 5.95. The number of nitrogens with one attached hydrogen (secondary N) is 1. The van der Waals surface area contributed by atoms with Gasteiger partial charge in [0.2, 0.25) is 0 Å². The molecule has 0 aliphatic carbocycles. The van der Waals surface area contributed by atoms with E-state index in [0.29, 0.717) is 6.61 Å². The van der Waals surface area contributed by atoms with Crippen molar-refractivity contribution in [2.24, 2.45) is 5.92 Å². The Balaban J connectivity index is 1.81. The van der Waals surface area contributed by atoms with Crippen molar-refractivity contribution in [2.45, 2.75) is 25.8 Å². The zero-order valence-corrected chi connectivity index (χ0v) is 14.0. The van der Waals surface area contributed by atoms with Crippen molar-refractivity contribution in [1.82, 2.24) is 10.2 Å². The van der Waals surface area contributed by atoms with E-state index >= 15 is 0 Å². The number of ether oxygens (including phenoxy) is 2. The summed E-state index contributed by atoms with van der Waals surface area (Å²) in [4.78, 5) is 2.57. The SMILES string of the molecule is CNCC1CCCN(Cc2cccc(OCCCOC)c2)C1. The van der Waals surface area contributed by atoms with E-state index in [1.54, 1.807) is 7.11 Å². The average molecular weight is 306 g/mol. The highest BCUT2D eigenvalue weighted by atomic mass is 16.5. The molecule has 1 aromatic carbocycles. The second kappa shape index (κ2) is 9.82. The number of benzene rings is 1. The second-order valence-corrected chi connectivity index (χ2v) is 6.14. The molecule has 0 radical (unpaired) electrons. The van der Waals surface area contributed by atoms with E-state index in [9.17, 15) is 0 Å². The molecule has 0 aromatic heterocycles. The molecule has 1 aliphatic heterocycles. The number of piperidine rings is 1. The van der Waals surface area contributed by atoms with Gasteiger partial charge in [0, 0.05) is 33.2 Å². The predicted molar refractivity (Wildman–Crippen MR) is 90.4 cm³/mol. The predicted octanol–water partition coefficient (Wildman–Crippen LogP) is 2.53. The Hall–Kier alpha value is -1.10. The summed E-state index contributed by atoms with van der Waals surface area (Å²) < 4.78 is 10.8. The fourth-order valence-corrected chi connectivity index (χ4v) is 3.14. The lowest BCUT2D eigenvalue weighted by molar-refractivity contribution is 0.166. The Bertz CT molecular complexity index is 423. The number of likely N-dealkylation sites (tertiary alicyclic amines) is 1. The van der Waals surface area contributed by atoms with Gasteiger partial charge in [-0.25, -0.2) is 0 Å². The fraction of sp³-hybridized carbons (Fsp3) is 0.667. The summed E-state index contributed by atoms with van der Waals surface area (Å²) in [6.45, 7) is 6.01. The van der Waals surface area contributed by atoms with E-state index in [1.165, 1.54) is 31.5 Å². The third-order valence-electron chi connectivity index (χ3n) is 4.16. The highest BCUT2D eigenvalue weighted by Crippen LogP contribution is 2.20. The van der Waals surface area contributed by atoms with Crippen LogP contribution in [0.15, 0.2) is 24.3 Å². The van der Waals surface area contributed by atoms with Crippen LogP contribution >= 0.6 is 0 Å². The maximum absolute atomic E-state index is 5.79. The first-order valence-electron chi connectivity index (χ1n) is 8.39. The zero-order chi connectivity index (χ0) is 15.6. The molecule has 1 atom stereocenters. The number of nitrogens with zero attached hydrogens (tertiary/aromatic N) is 1. The molecule has 1 aromatic rings. The maximum Gasteiger partial charge on any atom is 0.119 e. The molecule has 1 fully saturated rings. The molecule has 124 valence electrons. The topological polar surface area (TPSA) is 33.7 Å². The Morgan fingerprint density at radius 1 is 1.32 bits per heavy atom. The van der Waals surface area contributed by atoms with Crippen LogP contribution in [0.5, 0.6) is 5.75 Å². The second-order valence-electron chi connectivity index (χ2n) is 6.14. The van der Waals surface area contributed by atoms with Gasteiger partial charge in [-0.05, 0) is 56.6 Å². The van der Waals surface area contributed by atoms with Gasteiger partial charge in [-0.3, -0.25) is 4.90 Å². The molecule has 0 bridgehead atoms. The van der Waals surface area contributed by atoms with Crippen LogP contribution in [0, 0.1) is 5.92 Å². The summed E-state index contributed by atoms with van der Waals surface area (Å²) in [6.07, 6.45) is 3.58. The monoisotopic (exact) mass is 306 g/mol. The van der Waals surface area contributed by atoms with Gasteiger partial charge in [0.25, 0.3) is 0 Å². The lowest BCUT2D eigenvalue weighted by Crippen LogP contribution is -2.38. The van der Waals surface area contributed by atoms with Crippen LogP contribution in [0.1, 0.15) is 24.8 Å². The molecule has 1 heterocycles. The number of hydrogen-bond donors (Lipinski definition) is 1. The van der Waals surface area contributed by atoms with E-state index in [-0.39, 0.29) is 0 Å². The summed E-state index contributed by atoms with van der Waals surface area (Å²) in [5.74, 6) is 1.75. The Labute approximate surface area is 134 Å². The van der Waals surface area contributed by atoms with Gasteiger partial charge in [-0.15, -0.1) is 0 Å². The molecular weight excluding hydrogens is 276 g/mol. The lowest BCUT2D eigenvalue weighted by atomic mass is 9.97. The van der Waals surface area contributed by atoms with Gasteiger partial charge in [-0.1, -0.05) is 12.1 Å². The van der Waals surface area contributed by atoms with Crippen LogP contribution in [0.25, 0.3) is 0 Å². The molecule has 2 rings (SSSR count). The highest BCUT2D eigenvalue weighted by Gasteiger charge is 2.19. The Morgan fingerprint density at radius 2 is 2.23 bits per heavy atom. The Kier molecular flexibility index (Phi) is 7.71. The van der Waals surface area contributed by atoms with Crippen molar-refractivity contribution in [2.75, 3.05) is 47.0 Å². The van der Waals surface area contributed by atoms with Crippen LogP contribution in [0.4, 0.5) is 0 Å². The summed E-state index contributed by atoms with van der Waals surface area (Å²) in [7, 11) is 3.77. The minimum absolute atomic E-state index is 0.714. The molecule has 1 saturated heterocycles. The molecule has 1 unspecified atom stereocenters. The Morgan fingerprint density at radius 3 is 3.05 bits per heavy atom. The van der Waals surface area contributed by atoms with Crippen LogP contribution in [0.2, 0.25) is 0 Å². The van der Waals surface area contributed by atoms with Gasteiger partial charge < -0.3 is 14.8 Å². The number of methoxy groups -OCH3 is 1. The van der Waals surface area contributed by atoms with Crippen molar-refractivity contribution in [3.05, 3.63) is 29.8 Å². The first-order chi connectivity index (χ1) is 10.8. The van der Waals surface area contributed by atoms with Crippen LogP contribution < -0.4 is 10.1 Å². The number of hydrogen-bond acceptors (Lipinski definition) is 4. The van der Waals surface area contributed by atoms with Gasteiger partial charge >= 0.3 is 0 Å². The highest BCUT2D eigenvalue weighted by molar-refractivity contribution is 5.28. The van der Waals surface area contributed by atoms with Crippen molar-refractivity contribution in [1.29, 1.82) is 0 Å². The molecule has 4 nitrogen and oxygen atoms in total. The van der Waals surface area contributed by atoms with Gasteiger partial charge in [0.15, 0.2) is 0 Å². The minimum Gasteiger partial charge on any atom is -0.493 e. The van der Waals surface area contributed by atoms with Crippen molar-refractivity contribution >= 4 is 0 Å². The maximum atomic E-state index is 5.79. The molecule has 1 N–H and O–H groups in total. The summed E-state index contributed by atoms with van der Waals surface area (Å²) in [5.41, 5.74) is 1.34. The summed E-state index contributed by atoms with van der Waals surface area (Å²) >= 11 is 0. The molecule has 22 heavy (non-hydrogen) atoms. The van der Waals surface area contributed by atoms with Crippen molar-refractivity contribution < 1.29 is 9.47 Å². The van der Waals surface area contributed by atoms with E-state index in [2.05, 4.69) is 28.4 Å². The average Bonchev–Trinajstić information content (AvgIpc) is 2.53.